The van der Waals surface area contributed by atoms with E-state index < -0.39 is 0 Å². The molecule has 2 aromatic rings. The molecule has 0 unspecified atom stereocenters. The van der Waals surface area contributed by atoms with Crippen LogP contribution in [0.15, 0.2) is 35.3 Å². The van der Waals surface area contributed by atoms with E-state index in [2.05, 4.69) is 15.6 Å². The smallest absolute Gasteiger partial charge is 0.203 e. The lowest BCUT2D eigenvalue weighted by atomic mass is 10.2. The molecule has 172 valence electrons. The van der Waals surface area contributed by atoms with Gasteiger partial charge >= 0.3 is 0 Å². The Labute approximate surface area is 201 Å². The fourth-order valence-electron chi connectivity index (χ4n) is 2.86. The van der Waals surface area contributed by atoms with Crippen LogP contribution in [0.25, 0.3) is 0 Å². The molecule has 0 aliphatic carbocycles. The predicted octanol–water partition coefficient (Wildman–Crippen LogP) is 4.32. The van der Waals surface area contributed by atoms with Gasteiger partial charge in [0.1, 0.15) is 0 Å². The van der Waals surface area contributed by atoms with Crippen LogP contribution in [0.5, 0.6) is 28.7 Å². The van der Waals surface area contributed by atoms with E-state index in [4.69, 9.17) is 23.7 Å². The number of halogens is 1. The Kier molecular flexibility index (Phi) is 11.7. The van der Waals surface area contributed by atoms with Crippen LogP contribution in [0, 0.1) is 0 Å². The van der Waals surface area contributed by atoms with E-state index in [0.29, 0.717) is 47.9 Å². The topological polar surface area (TPSA) is 82.6 Å². The summed E-state index contributed by atoms with van der Waals surface area (Å²) in [7, 11) is 6.38. The second kappa shape index (κ2) is 13.7. The Morgan fingerprint density at radius 2 is 1.48 bits per heavy atom. The molecule has 0 saturated heterocycles. The Morgan fingerprint density at radius 1 is 0.839 bits per heavy atom. The van der Waals surface area contributed by atoms with E-state index in [0.717, 1.165) is 17.8 Å². The van der Waals surface area contributed by atoms with Crippen LogP contribution in [0.4, 0.5) is 5.69 Å². The van der Waals surface area contributed by atoms with Crippen molar-refractivity contribution in [3.8, 4) is 28.7 Å². The first-order valence-electron chi connectivity index (χ1n) is 9.75. The third kappa shape index (κ3) is 7.27. The summed E-state index contributed by atoms with van der Waals surface area (Å²) >= 11 is 0. The molecule has 0 aliphatic heterocycles. The number of ether oxygens (including phenoxy) is 5. The third-order valence-corrected chi connectivity index (χ3v) is 4.21. The third-order valence-electron chi connectivity index (χ3n) is 4.21. The van der Waals surface area contributed by atoms with E-state index >= 15 is 0 Å². The van der Waals surface area contributed by atoms with Crippen molar-refractivity contribution in [1.29, 1.82) is 0 Å². The van der Waals surface area contributed by atoms with Gasteiger partial charge in [-0.2, -0.15) is 0 Å². The second-order valence-electron chi connectivity index (χ2n) is 6.15. The Balaban J connectivity index is 0.00000480. The first-order valence-corrected chi connectivity index (χ1v) is 9.75. The van der Waals surface area contributed by atoms with Gasteiger partial charge in [0, 0.05) is 18.3 Å². The van der Waals surface area contributed by atoms with E-state index in [-0.39, 0.29) is 24.0 Å². The van der Waals surface area contributed by atoms with Gasteiger partial charge in [0.15, 0.2) is 29.0 Å². The molecule has 2 N–H and O–H groups in total. The number of anilines is 1. The first kappa shape index (κ1) is 26.5. The Hall–Kier alpha value is -2.56. The fraction of sp³-hybridized carbons (Fsp3) is 0.409. The molecule has 0 heterocycles. The van der Waals surface area contributed by atoms with Gasteiger partial charge in [-0.3, -0.25) is 0 Å². The summed E-state index contributed by atoms with van der Waals surface area (Å²) in [6, 6.07) is 9.42. The minimum atomic E-state index is 0. The van der Waals surface area contributed by atoms with E-state index in [9.17, 15) is 0 Å². The van der Waals surface area contributed by atoms with Crippen molar-refractivity contribution in [1.82, 2.24) is 5.32 Å². The highest BCUT2D eigenvalue weighted by Crippen LogP contribution is 2.38. The van der Waals surface area contributed by atoms with E-state index in [1.165, 1.54) is 0 Å². The molecule has 0 saturated carbocycles. The number of nitrogens with zero attached hydrogens (tertiary/aromatic N) is 1. The van der Waals surface area contributed by atoms with Crippen molar-refractivity contribution in [2.24, 2.45) is 4.99 Å². The van der Waals surface area contributed by atoms with E-state index in [1.54, 1.807) is 28.4 Å². The molecule has 2 rings (SSSR count). The molecule has 31 heavy (non-hydrogen) atoms. The second-order valence-corrected chi connectivity index (χ2v) is 6.15. The molecule has 0 atom stereocenters. The van der Waals surface area contributed by atoms with Crippen LogP contribution in [0.1, 0.15) is 19.4 Å². The number of rotatable bonds is 10. The summed E-state index contributed by atoms with van der Waals surface area (Å²) in [6.07, 6.45) is 0. The minimum absolute atomic E-state index is 0. The Bertz CT molecular complexity index is 836. The van der Waals surface area contributed by atoms with Crippen molar-refractivity contribution in [2.45, 2.75) is 20.4 Å². The van der Waals surface area contributed by atoms with Crippen molar-refractivity contribution < 1.29 is 23.7 Å². The minimum Gasteiger partial charge on any atom is -0.493 e. The maximum absolute atomic E-state index is 5.65. The number of guanidine groups is 1. The largest absolute Gasteiger partial charge is 0.493 e. The molecule has 0 bridgehead atoms. The van der Waals surface area contributed by atoms with Gasteiger partial charge < -0.3 is 34.3 Å². The van der Waals surface area contributed by atoms with Gasteiger partial charge in [0.25, 0.3) is 0 Å². The van der Waals surface area contributed by atoms with Crippen molar-refractivity contribution >= 4 is 35.6 Å². The monoisotopic (exact) mass is 545 g/mol. The zero-order valence-corrected chi connectivity index (χ0v) is 21.2. The number of methoxy groups -OCH3 is 4. The van der Waals surface area contributed by atoms with Crippen molar-refractivity contribution in [3.05, 3.63) is 35.9 Å². The number of hydrogen-bond acceptors (Lipinski definition) is 6. The van der Waals surface area contributed by atoms with Crippen LogP contribution in [0.2, 0.25) is 0 Å². The standard InChI is InChI=1S/C22H31N3O5.HI/c1-7-23-22(25-16-9-10-17(26-3)18(13-16)30-8-2)24-14-15-11-19(27-4)21(29-6)20(12-15)28-5;/h9-13H,7-8,14H2,1-6H3,(H2,23,24,25);1H. The van der Waals surface area contributed by atoms with Gasteiger partial charge in [-0.25, -0.2) is 4.99 Å². The quantitative estimate of drug-likeness (QED) is 0.262. The van der Waals surface area contributed by atoms with Crippen LogP contribution >= 0.6 is 24.0 Å². The fourth-order valence-corrected chi connectivity index (χ4v) is 2.86. The molecule has 0 amide bonds. The average Bonchev–Trinajstić information content (AvgIpc) is 2.77. The summed E-state index contributed by atoms with van der Waals surface area (Å²) in [4.78, 5) is 4.67. The summed E-state index contributed by atoms with van der Waals surface area (Å²) in [5.41, 5.74) is 1.76. The number of hydrogen-bond donors (Lipinski definition) is 2. The molecular formula is C22H32IN3O5. The first-order chi connectivity index (χ1) is 14.6. The predicted molar refractivity (Wildman–Crippen MR) is 134 cm³/mol. The molecular weight excluding hydrogens is 513 g/mol. The lowest BCUT2D eigenvalue weighted by Crippen LogP contribution is -2.30. The van der Waals surface area contributed by atoms with E-state index in [1.807, 2.05) is 44.2 Å². The summed E-state index contributed by atoms with van der Waals surface area (Å²) in [5, 5.41) is 6.54. The van der Waals surface area contributed by atoms with Gasteiger partial charge in [-0.05, 0) is 43.7 Å². The highest BCUT2D eigenvalue weighted by molar-refractivity contribution is 14.0. The lowest BCUT2D eigenvalue weighted by molar-refractivity contribution is 0.311. The normalized spacial score (nSPS) is 10.6. The average molecular weight is 545 g/mol. The van der Waals surface area contributed by atoms with Gasteiger partial charge in [0.05, 0.1) is 41.6 Å². The lowest BCUT2D eigenvalue weighted by Gasteiger charge is -2.15. The molecule has 2 aromatic carbocycles. The molecule has 8 nitrogen and oxygen atoms in total. The van der Waals surface area contributed by atoms with Crippen molar-refractivity contribution in [3.63, 3.8) is 0 Å². The molecule has 0 fully saturated rings. The Morgan fingerprint density at radius 3 is 2.00 bits per heavy atom. The van der Waals surface area contributed by atoms with Crippen LogP contribution < -0.4 is 34.3 Å². The summed E-state index contributed by atoms with van der Waals surface area (Å²) in [5.74, 6) is 3.73. The van der Waals surface area contributed by atoms with Crippen molar-refractivity contribution in [2.75, 3.05) is 46.9 Å². The van der Waals surface area contributed by atoms with Gasteiger partial charge in [-0.1, -0.05) is 0 Å². The molecule has 0 radical (unpaired) electrons. The maximum atomic E-state index is 5.65. The molecule has 0 spiro atoms. The molecule has 0 aliphatic rings. The highest BCUT2D eigenvalue weighted by atomic mass is 127. The maximum Gasteiger partial charge on any atom is 0.203 e. The number of aliphatic imine (C=N–C) groups is 1. The van der Waals surface area contributed by atoms with Gasteiger partial charge in [0.2, 0.25) is 5.75 Å². The van der Waals surface area contributed by atoms with Crippen LogP contribution in [0.3, 0.4) is 0 Å². The zero-order valence-electron chi connectivity index (χ0n) is 18.9. The molecule has 0 aromatic heterocycles. The highest BCUT2D eigenvalue weighted by Gasteiger charge is 2.13. The summed E-state index contributed by atoms with van der Waals surface area (Å²) < 4.78 is 27.2. The number of nitrogens with one attached hydrogen (secondary N) is 2. The summed E-state index contributed by atoms with van der Waals surface area (Å²) in [6.45, 7) is 5.63. The zero-order chi connectivity index (χ0) is 21.9. The number of benzene rings is 2. The SMILES string of the molecule is CCNC(=NCc1cc(OC)c(OC)c(OC)c1)Nc1ccc(OC)c(OCC)c1.I. The molecule has 9 heteroatoms. The van der Waals surface area contributed by atoms with Gasteiger partial charge in [-0.15, -0.1) is 24.0 Å². The van der Waals surface area contributed by atoms with Crippen LogP contribution in [-0.2, 0) is 6.54 Å². The van der Waals surface area contributed by atoms with Crippen LogP contribution in [-0.4, -0.2) is 47.6 Å².